The van der Waals surface area contributed by atoms with Crippen molar-refractivity contribution >= 4 is 50.7 Å². The van der Waals surface area contributed by atoms with Crippen LogP contribution in [0.15, 0.2) is 27.5 Å². The van der Waals surface area contributed by atoms with Crippen LogP contribution in [0.5, 0.6) is 0 Å². The number of benzene rings is 1. The van der Waals surface area contributed by atoms with Gasteiger partial charge >= 0.3 is 5.97 Å². The Hall–Kier alpha value is -1.64. The lowest BCUT2D eigenvalue weighted by molar-refractivity contribution is -0.140. The van der Waals surface area contributed by atoms with Crippen molar-refractivity contribution in [2.24, 2.45) is 0 Å². The summed E-state index contributed by atoms with van der Waals surface area (Å²) in [4.78, 5) is 37.8. The lowest BCUT2D eigenvalue weighted by Crippen LogP contribution is -2.25. The van der Waals surface area contributed by atoms with Gasteiger partial charge in [0.1, 0.15) is 0 Å². The number of allylic oxidation sites excluding steroid dienone is 2. The molecule has 0 saturated carbocycles. The molecule has 0 saturated heterocycles. The summed E-state index contributed by atoms with van der Waals surface area (Å²) in [5.41, 5.74) is 0.689. The molecule has 0 amide bonds. The molecule has 1 aromatic carbocycles. The molecule has 2 aliphatic rings. The van der Waals surface area contributed by atoms with Gasteiger partial charge < -0.3 is 4.74 Å². The highest BCUT2D eigenvalue weighted by Gasteiger charge is 2.35. The highest BCUT2D eigenvalue weighted by Crippen LogP contribution is 2.39. The summed E-state index contributed by atoms with van der Waals surface area (Å²) < 4.78 is 30.0. The van der Waals surface area contributed by atoms with Gasteiger partial charge in [0.2, 0.25) is 0 Å². The Balaban J connectivity index is 2.04. The van der Waals surface area contributed by atoms with E-state index in [2.05, 4.69) is 4.74 Å². The quantitative estimate of drug-likeness (QED) is 0.379. The number of methoxy groups -OCH3 is 1. The van der Waals surface area contributed by atoms with Crippen LogP contribution in [0.25, 0.3) is 0 Å². The van der Waals surface area contributed by atoms with Crippen molar-refractivity contribution in [2.75, 3.05) is 18.6 Å². The predicted octanol–water partition coefficient (Wildman–Crippen LogP) is 3.16. The first-order valence-corrected chi connectivity index (χ1v) is 11.8. The number of Topliss-reactive ketones (excluding diaryl/α,β-unsaturated/α-hetero) is 2. The Bertz CT molecular complexity index is 994. The van der Waals surface area contributed by atoms with E-state index >= 15 is 0 Å². The fourth-order valence-electron chi connectivity index (χ4n) is 3.37. The topological polar surface area (TPSA) is 94.6 Å². The van der Waals surface area contributed by atoms with Crippen LogP contribution in [0, 0.1) is 0 Å². The minimum Gasteiger partial charge on any atom is -0.469 e. The number of hydrogen-bond acceptors (Lipinski definition) is 7. The van der Waals surface area contributed by atoms with Gasteiger partial charge in [0.25, 0.3) is 0 Å². The van der Waals surface area contributed by atoms with E-state index in [9.17, 15) is 22.8 Å². The predicted molar refractivity (Wildman–Crippen MR) is 107 cm³/mol. The van der Waals surface area contributed by atoms with E-state index in [0.717, 1.165) is 22.6 Å². The zero-order valence-electron chi connectivity index (χ0n) is 15.2. The summed E-state index contributed by atoms with van der Waals surface area (Å²) in [6, 6.07) is 3.33. The maximum absolute atomic E-state index is 13.2. The summed E-state index contributed by atoms with van der Waals surface area (Å²) in [6.45, 7) is 0. The summed E-state index contributed by atoms with van der Waals surface area (Å²) in [7, 11) is -2.79. The Morgan fingerprint density at radius 3 is 2.68 bits per heavy atom. The molecule has 1 aliphatic carbocycles. The van der Waals surface area contributed by atoms with E-state index in [0.29, 0.717) is 6.42 Å². The van der Waals surface area contributed by atoms with Gasteiger partial charge in [-0.15, -0.1) is 11.8 Å². The van der Waals surface area contributed by atoms with E-state index < -0.39 is 33.1 Å². The number of carbonyl (C=O) groups excluding carboxylic acids is 3. The number of esters is 1. The lowest BCUT2D eigenvalue weighted by atomic mass is 9.91. The number of halogens is 1. The molecular weight excluding hydrogens is 424 g/mol. The number of rotatable bonds is 6. The third kappa shape index (κ3) is 4.04. The lowest BCUT2D eigenvalue weighted by Gasteiger charge is -2.19. The van der Waals surface area contributed by atoms with Crippen molar-refractivity contribution in [1.29, 1.82) is 0 Å². The first-order chi connectivity index (χ1) is 13.3. The molecule has 0 spiro atoms. The zero-order chi connectivity index (χ0) is 20.5. The maximum atomic E-state index is 13.2. The molecule has 1 heterocycles. The van der Waals surface area contributed by atoms with Crippen molar-refractivity contribution in [2.45, 2.75) is 37.0 Å². The van der Waals surface area contributed by atoms with Gasteiger partial charge in [-0.25, -0.2) is 8.42 Å². The van der Waals surface area contributed by atoms with Crippen molar-refractivity contribution < 1.29 is 27.5 Å². The molecule has 0 atom stereocenters. The number of fused-ring (bicyclic) bond motifs is 1. The van der Waals surface area contributed by atoms with E-state index in [1.165, 1.54) is 7.11 Å². The monoisotopic (exact) mass is 442 g/mol. The molecular formula is C19H19ClO6S2. The van der Waals surface area contributed by atoms with Gasteiger partial charge in [0.15, 0.2) is 21.4 Å². The van der Waals surface area contributed by atoms with Gasteiger partial charge in [-0.1, -0.05) is 11.6 Å². The first kappa shape index (κ1) is 21.1. The second-order valence-electron chi connectivity index (χ2n) is 6.55. The number of thioether (sulfide) groups is 1. The summed E-state index contributed by atoms with van der Waals surface area (Å²) >= 11 is 8.06. The SMILES string of the molecule is COC(=O)CCS(=O)(=O)C1=C(C(=O)c2ccc3c(c2Cl)CCS3)C(=O)CCC1. The summed E-state index contributed by atoms with van der Waals surface area (Å²) in [5, 5.41) is 0.282. The average molecular weight is 443 g/mol. The first-order valence-electron chi connectivity index (χ1n) is 8.81. The standard InChI is InChI=1S/C19H19ClO6S2/c1-26-16(22)8-10-28(24,25)15-4-2-3-13(21)17(15)19(23)12-5-6-14-11(18(12)20)7-9-27-14/h5-6H,2-4,7-10H2,1H3. The number of ether oxygens (including phenoxy) is 1. The molecule has 0 fully saturated rings. The van der Waals surface area contributed by atoms with Crippen LogP contribution >= 0.6 is 23.4 Å². The smallest absolute Gasteiger partial charge is 0.306 e. The van der Waals surface area contributed by atoms with Crippen molar-refractivity contribution in [1.82, 2.24) is 0 Å². The van der Waals surface area contributed by atoms with Crippen LogP contribution in [0.1, 0.15) is 41.6 Å². The maximum Gasteiger partial charge on any atom is 0.306 e. The number of hydrogen-bond donors (Lipinski definition) is 0. The van der Waals surface area contributed by atoms with Crippen molar-refractivity contribution in [3.8, 4) is 0 Å². The molecule has 0 aromatic heterocycles. The van der Waals surface area contributed by atoms with E-state index in [4.69, 9.17) is 11.6 Å². The van der Waals surface area contributed by atoms with E-state index in [1.54, 1.807) is 23.9 Å². The number of carbonyl (C=O) groups is 3. The highest BCUT2D eigenvalue weighted by atomic mass is 35.5. The molecule has 0 radical (unpaired) electrons. The van der Waals surface area contributed by atoms with Crippen molar-refractivity contribution in [3.05, 3.63) is 38.8 Å². The van der Waals surface area contributed by atoms with Gasteiger partial charge in [-0.2, -0.15) is 0 Å². The van der Waals surface area contributed by atoms with Crippen LogP contribution in [0.2, 0.25) is 5.02 Å². The molecule has 3 rings (SSSR count). The van der Waals surface area contributed by atoms with Gasteiger partial charge in [-0.05, 0) is 37.0 Å². The van der Waals surface area contributed by atoms with Gasteiger partial charge in [-0.3, -0.25) is 14.4 Å². The summed E-state index contributed by atoms with van der Waals surface area (Å²) in [5.74, 6) is -1.47. The van der Waals surface area contributed by atoms with Crippen molar-refractivity contribution in [3.63, 3.8) is 0 Å². The molecule has 0 unspecified atom stereocenters. The Morgan fingerprint density at radius 1 is 1.21 bits per heavy atom. The highest BCUT2D eigenvalue weighted by molar-refractivity contribution is 7.99. The Labute approximate surface area is 172 Å². The molecule has 1 aromatic rings. The molecule has 6 nitrogen and oxygen atoms in total. The fourth-order valence-corrected chi connectivity index (χ4v) is 6.49. The van der Waals surface area contributed by atoms with Crippen LogP contribution in [0.3, 0.4) is 0 Å². The second kappa shape index (κ2) is 8.39. The second-order valence-corrected chi connectivity index (χ2v) is 10.2. The van der Waals surface area contributed by atoms with Crippen LogP contribution < -0.4 is 0 Å². The molecule has 1 aliphatic heterocycles. The molecule has 0 bridgehead atoms. The Morgan fingerprint density at radius 2 is 1.96 bits per heavy atom. The largest absolute Gasteiger partial charge is 0.469 e. The zero-order valence-corrected chi connectivity index (χ0v) is 17.6. The normalized spacial score (nSPS) is 16.9. The van der Waals surface area contributed by atoms with Crippen LogP contribution in [-0.2, 0) is 30.6 Å². The van der Waals surface area contributed by atoms with E-state index in [1.807, 2.05) is 0 Å². The summed E-state index contributed by atoms with van der Waals surface area (Å²) in [6.07, 6.45) is 0.924. The van der Waals surface area contributed by atoms with E-state index in [-0.39, 0.29) is 40.3 Å². The minimum atomic E-state index is -3.96. The fraction of sp³-hybridized carbons (Fsp3) is 0.421. The minimum absolute atomic E-state index is 0.0920. The van der Waals surface area contributed by atoms with Gasteiger partial charge in [0.05, 0.1) is 34.8 Å². The molecule has 0 N–H and O–H groups in total. The molecule has 9 heteroatoms. The van der Waals surface area contributed by atoms with Crippen LogP contribution in [0.4, 0.5) is 0 Å². The third-order valence-electron chi connectivity index (χ3n) is 4.82. The Kier molecular flexibility index (Phi) is 6.31. The molecule has 28 heavy (non-hydrogen) atoms. The average Bonchev–Trinajstić information content (AvgIpc) is 3.15. The van der Waals surface area contributed by atoms with Gasteiger partial charge in [0, 0.05) is 22.6 Å². The van der Waals surface area contributed by atoms with Crippen LogP contribution in [-0.4, -0.2) is 44.6 Å². The molecule has 150 valence electrons. The number of ketones is 2. The number of sulfone groups is 1. The third-order valence-corrected chi connectivity index (χ3v) is 8.26.